The van der Waals surface area contributed by atoms with Gasteiger partial charge in [-0.3, -0.25) is 0 Å². The Labute approximate surface area is 185 Å². The van der Waals surface area contributed by atoms with Gasteiger partial charge in [0.15, 0.2) is 0 Å². The monoisotopic (exact) mass is 435 g/mol. The number of carbonyl (C=O) groups excluding carboxylic acids is 2. The van der Waals surface area contributed by atoms with Crippen molar-refractivity contribution in [2.24, 2.45) is 0 Å². The highest BCUT2D eigenvalue weighted by Gasteiger charge is 2.42. The third-order valence-corrected chi connectivity index (χ3v) is 6.23. The molecule has 0 radical (unpaired) electrons. The number of fused-ring (bicyclic) bond motifs is 2. The fraction of sp³-hybridized carbons (Fsp3) is 0.348. The molecule has 2 aliphatic heterocycles. The smallest absolute Gasteiger partial charge is 0.434 e. The van der Waals surface area contributed by atoms with Gasteiger partial charge in [0.1, 0.15) is 11.4 Å². The SMILES string of the molecule is COC(=O)n1ncc2c(NC(=O)NC3CC4(CCNCC4)Oc4ccccc43)cccc21. The first kappa shape index (κ1) is 20.3. The molecule has 1 aromatic heterocycles. The highest BCUT2D eigenvalue weighted by atomic mass is 16.5. The number of hydrogen-bond acceptors (Lipinski definition) is 6. The van der Waals surface area contributed by atoms with Crippen molar-refractivity contribution in [1.29, 1.82) is 0 Å². The quantitative estimate of drug-likeness (QED) is 0.570. The number of para-hydroxylation sites is 1. The molecule has 2 aromatic carbocycles. The van der Waals surface area contributed by atoms with Gasteiger partial charge in [-0.25, -0.2) is 9.59 Å². The van der Waals surface area contributed by atoms with Crippen LogP contribution in [0.15, 0.2) is 48.7 Å². The number of carbonyl (C=O) groups is 2. The number of aromatic nitrogens is 2. The van der Waals surface area contributed by atoms with Crippen LogP contribution in [0, 0.1) is 0 Å². The normalized spacial score (nSPS) is 19.1. The minimum Gasteiger partial charge on any atom is -0.487 e. The van der Waals surface area contributed by atoms with Gasteiger partial charge in [-0.05, 0) is 44.1 Å². The summed E-state index contributed by atoms with van der Waals surface area (Å²) in [5.74, 6) is 0.826. The topological polar surface area (TPSA) is 107 Å². The zero-order valence-electron chi connectivity index (χ0n) is 17.8. The van der Waals surface area contributed by atoms with Crippen LogP contribution in [0.3, 0.4) is 0 Å². The molecule has 5 rings (SSSR count). The number of amides is 2. The molecule has 1 saturated heterocycles. The van der Waals surface area contributed by atoms with E-state index in [4.69, 9.17) is 9.47 Å². The first-order chi connectivity index (χ1) is 15.6. The Kier molecular flexibility index (Phi) is 5.18. The van der Waals surface area contributed by atoms with Crippen LogP contribution < -0.4 is 20.7 Å². The third-order valence-electron chi connectivity index (χ3n) is 6.23. The number of piperidine rings is 1. The van der Waals surface area contributed by atoms with Crippen molar-refractivity contribution >= 4 is 28.7 Å². The second-order valence-corrected chi connectivity index (χ2v) is 8.19. The molecule has 9 heteroatoms. The van der Waals surface area contributed by atoms with E-state index in [2.05, 4.69) is 21.0 Å². The maximum absolute atomic E-state index is 13.0. The molecule has 1 atom stereocenters. The summed E-state index contributed by atoms with van der Waals surface area (Å²) in [6.07, 6.45) is 3.45. The van der Waals surface area contributed by atoms with E-state index in [1.165, 1.54) is 13.3 Å². The number of nitrogens with zero attached hydrogens (tertiary/aromatic N) is 2. The standard InChI is InChI=1S/C23H25N5O4/c1-31-22(30)28-19-7-4-6-17(16(19)14-25-28)26-21(29)27-18-13-23(9-11-24-12-10-23)32-20-8-3-2-5-15(18)20/h2-8,14,18,24H,9-13H2,1H3,(H2,26,27,29). The van der Waals surface area contributed by atoms with Gasteiger partial charge in [0.25, 0.3) is 0 Å². The predicted molar refractivity (Wildman–Crippen MR) is 119 cm³/mol. The summed E-state index contributed by atoms with van der Waals surface area (Å²) in [5, 5.41) is 14.2. The molecule has 3 N–H and O–H groups in total. The highest BCUT2D eigenvalue weighted by Crippen LogP contribution is 2.43. The van der Waals surface area contributed by atoms with Gasteiger partial charge in [0.2, 0.25) is 0 Å². The van der Waals surface area contributed by atoms with Gasteiger partial charge in [-0.1, -0.05) is 24.3 Å². The maximum atomic E-state index is 13.0. The Balaban J connectivity index is 1.38. The van der Waals surface area contributed by atoms with Gasteiger partial charge >= 0.3 is 12.1 Å². The number of nitrogens with one attached hydrogen (secondary N) is 3. The van der Waals surface area contributed by atoms with Crippen LogP contribution in [0.1, 0.15) is 30.9 Å². The fourth-order valence-corrected chi connectivity index (χ4v) is 4.64. The van der Waals surface area contributed by atoms with Gasteiger partial charge in [0, 0.05) is 17.4 Å². The number of rotatable bonds is 2. The van der Waals surface area contributed by atoms with Crippen LogP contribution in [0.4, 0.5) is 15.3 Å². The molecule has 3 aromatic rings. The minimum absolute atomic E-state index is 0.171. The first-order valence-electron chi connectivity index (χ1n) is 10.7. The van der Waals surface area contributed by atoms with Gasteiger partial charge in [-0.2, -0.15) is 9.78 Å². The summed E-state index contributed by atoms with van der Waals surface area (Å²) in [4.78, 5) is 24.9. The van der Waals surface area contributed by atoms with E-state index in [9.17, 15) is 9.59 Å². The molecule has 1 unspecified atom stereocenters. The second kappa shape index (κ2) is 8.16. The number of ether oxygens (including phenoxy) is 2. The lowest BCUT2D eigenvalue weighted by atomic mass is 9.81. The van der Waals surface area contributed by atoms with Crippen molar-refractivity contribution in [2.45, 2.75) is 30.9 Å². The van der Waals surface area contributed by atoms with E-state index in [0.717, 1.165) is 41.9 Å². The Morgan fingerprint density at radius 2 is 2.00 bits per heavy atom. The third kappa shape index (κ3) is 3.64. The minimum atomic E-state index is -0.590. The van der Waals surface area contributed by atoms with Crippen molar-refractivity contribution in [3.63, 3.8) is 0 Å². The highest BCUT2D eigenvalue weighted by molar-refractivity contribution is 6.02. The van der Waals surface area contributed by atoms with E-state index >= 15 is 0 Å². The maximum Gasteiger partial charge on any atom is 0.434 e. The Bertz CT molecular complexity index is 1170. The summed E-state index contributed by atoms with van der Waals surface area (Å²) in [6.45, 7) is 1.79. The van der Waals surface area contributed by atoms with E-state index < -0.39 is 6.09 Å². The molecule has 0 saturated carbocycles. The zero-order valence-corrected chi connectivity index (χ0v) is 17.8. The Morgan fingerprint density at radius 1 is 1.19 bits per heavy atom. The number of benzene rings is 2. The molecule has 0 bridgehead atoms. The van der Waals surface area contributed by atoms with E-state index in [0.29, 0.717) is 23.0 Å². The largest absolute Gasteiger partial charge is 0.487 e. The molecule has 9 nitrogen and oxygen atoms in total. The van der Waals surface area contributed by atoms with Gasteiger partial charge < -0.3 is 25.4 Å². The van der Waals surface area contributed by atoms with Crippen LogP contribution in [-0.2, 0) is 4.74 Å². The second-order valence-electron chi connectivity index (χ2n) is 8.19. The van der Waals surface area contributed by atoms with Crippen LogP contribution in [-0.4, -0.2) is 47.7 Å². The fourth-order valence-electron chi connectivity index (χ4n) is 4.64. The summed E-state index contributed by atoms with van der Waals surface area (Å²) in [7, 11) is 1.30. The van der Waals surface area contributed by atoms with Crippen LogP contribution in [0.25, 0.3) is 10.9 Å². The zero-order chi connectivity index (χ0) is 22.1. The van der Waals surface area contributed by atoms with Crippen LogP contribution in [0.5, 0.6) is 5.75 Å². The van der Waals surface area contributed by atoms with Crippen molar-refractivity contribution in [1.82, 2.24) is 20.4 Å². The molecule has 32 heavy (non-hydrogen) atoms. The molecule has 2 amide bonds. The van der Waals surface area contributed by atoms with E-state index in [1.54, 1.807) is 18.2 Å². The number of urea groups is 1. The first-order valence-corrected chi connectivity index (χ1v) is 10.7. The molecule has 3 heterocycles. The van der Waals surface area contributed by atoms with Crippen LogP contribution in [0.2, 0.25) is 0 Å². The molecular weight excluding hydrogens is 410 g/mol. The van der Waals surface area contributed by atoms with Crippen molar-refractivity contribution in [3.05, 3.63) is 54.2 Å². The van der Waals surface area contributed by atoms with Crippen LogP contribution >= 0.6 is 0 Å². The van der Waals surface area contributed by atoms with Gasteiger partial charge in [-0.15, -0.1) is 0 Å². The van der Waals surface area contributed by atoms with Crippen molar-refractivity contribution < 1.29 is 19.1 Å². The number of hydrogen-bond donors (Lipinski definition) is 3. The summed E-state index contributed by atoms with van der Waals surface area (Å²) >= 11 is 0. The molecule has 166 valence electrons. The summed E-state index contributed by atoms with van der Waals surface area (Å²) in [6, 6.07) is 12.7. The van der Waals surface area contributed by atoms with Gasteiger partial charge in [0.05, 0.1) is 30.6 Å². The molecule has 0 aliphatic carbocycles. The molecule has 2 aliphatic rings. The lowest BCUT2D eigenvalue weighted by Gasteiger charge is -2.44. The average molecular weight is 435 g/mol. The molecular formula is C23H25N5O4. The van der Waals surface area contributed by atoms with E-state index in [1.807, 2.05) is 24.3 Å². The number of anilines is 1. The lowest BCUT2D eigenvalue weighted by molar-refractivity contribution is 0.00488. The summed E-state index contributed by atoms with van der Waals surface area (Å²) < 4.78 is 12.3. The predicted octanol–water partition coefficient (Wildman–Crippen LogP) is 3.42. The molecule has 1 fully saturated rings. The average Bonchev–Trinajstić information content (AvgIpc) is 3.24. The Hall–Kier alpha value is -3.59. The van der Waals surface area contributed by atoms with Crippen molar-refractivity contribution in [2.75, 3.05) is 25.5 Å². The van der Waals surface area contributed by atoms with Crippen molar-refractivity contribution in [3.8, 4) is 5.75 Å². The summed E-state index contributed by atoms with van der Waals surface area (Å²) in [5.41, 5.74) is 1.81. The number of methoxy groups -OCH3 is 1. The Morgan fingerprint density at radius 3 is 2.81 bits per heavy atom. The molecule has 1 spiro atoms. The van der Waals surface area contributed by atoms with E-state index in [-0.39, 0.29) is 17.7 Å². The lowest BCUT2D eigenvalue weighted by Crippen LogP contribution is -2.51.